The van der Waals surface area contributed by atoms with E-state index in [0.717, 1.165) is 0 Å². The molecule has 0 unspecified atom stereocenters. The van der Waals surface area contributed by atoms with Crippen LogP contribution in [0.5, 0.6) is 5.75 Å². The molecule has 0 amide bonds. The van der Waals surface area contributed by atoms with Crippen molar-refractivity contribution in [1.82, 2.24) is 0 Å². The summed E-state index contributed by atoms with van der Waals surface area (Å²) >= 11 is 0. The summed E-state index contributed by atoms with van der Waals surface area (Å²) in [7, 11) is -3.82. The van der Waals surface area contributed by atoms with E-state index in [0.29, 0.717) is 11.3 Å². The van der Waals surface area contributed by atoms with E-state index in [1.165, 1.54) is 37.4 Å². The van der Waals surface area contributed by atoms with Crippen LogP contribution in [0.4, 0.5) is 5.69 Å². The zero-order chi connectivity index (χ0) is 16.2. The van der Waals surface area contributed by atoms with Gasteiger partial charge in [-0.15, -0.1) is 0 Å². The lowest BCUT2D eigenvalue weighted by Gasteiger charge is -2.02. The van der Waals surface area contributed by atoms with Gasteiger partial charge in [0, 0.05) is 18.8 Å². The van der Waals surface area contributed by atoms with Crippen molar-refractivity contribution in [2.24, 2.45) is 4.40 Å². The summed E-state index contributed by atoms with van der Waals surface area (Å²) < 4.78 is 32.6. The van der Waals surface area contributed by atoms with Crippen LogP contribution >= 0.6 is 0 Å². The molecule has 2 aromatic rings. The second-order valence-corrected chi connectivity index (χ2v) is 6.07. The van der Waals surface area contributed by atoms with Crippen molar-refractivity contribution in [3.8, 4) is 5.75 Å². The molecule has 0 spiro atoms. The lowest BCUT2D eigenvalue weighted by atomic mass is 10.2. The van der Waals surface area contributed by atoms with Gasteiger partial charge in [-0.3, -0.25) is 4.79 Å². The van der Waals surface area contributed by atoms with E-state index in [1.54, 1.807) is 24.3 Å². The number of esters is 1. The van der Waals surface area contributed by atoms with Gasteiger partial charge in [0.1, 0.15) is 5.75 Å². The molecular formula is C15H14N2O4S. The highest BCUT2D eigenvalue weighted by Gasteiger charge is 2.12. The van der Waals surface area contributed by atoms with E-state index < -0.39 is 16.0 Å². The fourth-order valence-corrected chi connectivity index (χ4v) is 2.48. The van der Waals surface area contributed by atoms with Crippen LogP contribution < -0.4 is 10.5 Å². The Bertz CT molecular complexity index is 794. The van der Waals surface area contributed by atoms with Gasteiger partial charge in [-0.25, -0.2) is 0 Å². The van der Waals surface area contributed by atoms with Crippen molar-refractivity contribution in [2.75, 3.05) is 5.73 Å². The SMILES string of the molecule is CC(=O)Oc1ccc(S(=O)(=O)N=Cc2ccc(N)cc2)cc1. The third kappa shape index (κ3) is 4.16. The van der Waals surface area contributed by atoms with Gasteiger partial charge in [0.2, 0.25) is 0 Å². The predicted octanol–water partition coefficient (Wildman–Crippen LogP) is 2.00. The molecule has 2 aromatic carbocycles. The predicted molar refractivity (Wildman–Crippen MR) is 83.4 cm³/mol. The molecule has 0 aliphatic rings. The minimum atomic E-state index is -3.82. The van der Waals surface area contributed by atoms with E-state index in [9.17, 15) is 13.2 Å². The maximum atomic E-state index is 12.1. The normalized spacial score (nSPS) is 11.5. The van der Waals surface area contributed by atoms with Crippen LogP contribution in [0.15, 0.2) is 57.8 Å². The van der Waals surface area contributed by atoms with Crippen LogP contribution in [0, 0.1) is 0 Å². The third-order valence-electron chi connectivity index (χ3n) is 2.66. The number of benzene rings is 2. The Morgan fingerprint density at radius 1 is 1.09 bits per heavy atom. The highest BCUT2D eigenvalue weighted by molar-refractivity contribution is 7.90. The first-order valence-corrected chi connectivity index (χ1v) is 7.75. The molecule has 2 rings (SSSR count). The summed E-state index contributed by atoms with van der Waals surface area (Å²) in [5.41, 5.74) is 6.75. The van der Waals surface area contributed by atoms with Crippen molar-refractivity contribution < 1.29 is 17.9 Å². The molecule has 0 bridgehead atoms. The number of hydrogen-bond donors (Lipinski definition) is 1. The van der Waals surface area contributed by atoms with Gasteiger partial charge in [0.05, 0.1) is 4.90 Å². The highest BCUT2D eigenvalue weighted by Crippen LogP contribution is 2.18. The molecule has 2 N–H and O–H groups in total. The van der Waals surface area contributed by atoms with Crippen molar-refractivity contribution in [3.05, 3.63) is 54.1 Å². The first kappa shape index (κ1) is 15.7. The summed E-state index contributed by atoms with van der Waals surface area (Å²) in [4.78, 5) is 10.8. The molecule has 0 aliphatic carbocycles. The quantitative estimate of drug-likeness (QED) is 0.402. The van der Waals surface area contributed by atoms with Gasteiger partial charge in [-0.2, -0.15) is 12.8 Å². The molecule has 0 aliphatic heterocycles. The summed E-state index contributed by atoms with van der Waals surface area (Å²) in [5, 5.41) is 0. The maximum absolute atomic E-state index is 12.1. The second-order valence-electron chi connectivity index (χ2n) is 4.44. The molecule has 114 valence electrons. The lowest BCUT2D eigenvalue weighted by Crippen LogP contribution is -2.02. The maximum Gasteiger partial charge on any atom is 0.308 e. The fraction of sp³-hybridized carbons (Fsp3) is 0.0667. The van der Waals surface area contributed by atoms with Crippen molar-refractivity contribution >= 4 is 27.9 Å². The number of nitrogens with two attached hydrogens (primary N) is 1. The second kappa shape index (κ2) is 6.40. The average molecular weight is 318 g/mol. The molecule has 0 saturated heterocycles. The summed E-state index contributed by atoms with van der Waals surface area (Å²) in [6.07, 6.45) is 1.24. The van der Waals surface area contributed by atoms with Gasteiger partial charge in [-0.05, 0) is 42.0 Å². The van der Waals surface area contributed by atoms with Crippen LogP contribution in [-0.2, 0) is 14.8 Å². The fourth-order valence-electron chi connectivity index (χ4n) is 1.62. The molecule has 0 fully saturated rings. The van der Waals surface area contributed by atoms with Crippen LogP contribution in [-0.4, -0.2) is 20.6 Å². The van der Waals surface area contributed by atoms with Gasteiger partial charge in [0.25, 0.3) is 10.0 Å². The van der Waals surface area contributed by atoms with E-state index in [2.05, 4.69) is 4.40 Å². The Kier molecular flexibility index (Phi) is 4.57. The molecular weight excluding hydrogens is 304 g/mol. The Labute approximate surface area is 128 Å². The van der Waals surface area contributed by atoms with E-state index in [4.69, 9.17) is 10.5 Å². The van der Waals surface area contributed by atoms with Gasteiger partial charge < -0.3 is 10.5 Å². The Balaban J connectivity index is 2.19. The van der Waals surface area contributed by atoms with Crippen LogP contribution in [0.3, 0.4) is 0 Å². The molecule has 22 heavy (non-hydrogen) atoms. The number of ether oxygens (including phenoxy) is 1. The largest absolute Gasteiger partial charge is 0.427 e. The number of carbonyl (C=O) groups excluding carboxylic acids is 1. The summed E-state index contributed by atoms with van der Waals surface area (Å²) in [5.74, 6) is -0.203. The number of anilines is 1. The van der Waals surface area contributed by atoms with Crippen molar-refractivity contribution in [2.45, 2.75) is 11.8 Å². The molecule has 0 aromatic heterocycles. The van der Waals surface area contributed by atoms with Gasteiger partial charge >= 0.3 is 5.97 Å². The Morgan fingerprint density at radius 3 is 2.23 bits per heavy atom. The van der Waals surface area contributed by atoms with E-state index in [1.807, 2.05) is 0 Å². The Hall–Kier alpha value is -2.67. The molecule has 6 nitrogen and oxygen atoms in total. The van der Waals surface area contributed by atoms with Gasteiger partial charge in [0.15, 0.2) is 0 Å². The van der Waals surface area contributed by atoms with Crippen LogP contribution in [0.1, 0.15) is 12.5 Å². The summed E-state index contributed by atoms with van der Waals surface area (Å²) in [6, 6.07) is 12.1. The number of nitrogen functional groups attached to an aromatic ring is 1. The standard InChI is InChI=1S/C15H14N2O4S/c1-11(18)21-14-6-8-15(9-7-14)22(19,20)17-10-12-2-4-13(16)5-3-12/h2-10H,16H2,1H3. The lowest BCUT2D eigenvalue weighted by molar-refractivity contribution is -0.131. The zero-order valence-corrected chi connectivity index (χ0v) is 12.6. The summed E-state index contributed by atoms with van der Waals surface area (Å²) in [6.45, 7) is 1.27. The highest BCUT2D eigenvalue weighted by atomic mass is 32.2. The monoisotopic (exact) mass is 318 g/mol. The molecule has 0 radical (unpaired) electrons. The molecule has 0 heterocycles. The van der Waals surface area contributed by atoms with E-state index in [-0.39, 0.29) is 10.6 Å². The van der Waals surface area contributed by atoms with Crippen LogP contribution in [0.2, 0.25) is 0 Å². The molecule has 7 heteroatoms. The first-order valence-electron chi connectivity index (χ1n) is 6.31. The van der Waals surface area contributed by atoms with Gasteiger partial charge in [-0.1, -0.05) is 12.1 Å². The number of carbonyl (C=O) groups is 1. The first-order chi connectivity index (χ1) is 10.4. The number of hydrogen-bond acceptors (Lipinski definition) is 5. The topological polar surface area (TPSA) is 98.8 Å². The minimum absolute atomic E-state index is 0.00935. The van der Waals surface area contributed by atoms with Crippen molar-refractivity contribution in [3.63, 3.8) is 0 Å². The number of nitrogens with zero attached hydrogens (tertiary/aromatic N) is 1. The minimum Gasteiger partial charge on any atom is -0.427 e. The van der Waals surface area contributed by atoms with Crippen molar-refractivity contribution in [1.29, 1.82) is 0 Å². The average Bonchev–Trinajstić information content (AvgIpc) is 2.47. The zero-order valence-electron chi connectivity index (χ0n) is 11.8. The number of sulfonamides is 1. The van der Waals surface area contributed by atoms with E-state index >= 15 is 0 Å². The molecule has 0 saturated carbocycles. The number of rotatable bonds is 4. The Morgan fingerprint density at radius 2 is 1.68 bits per heavy atom. The third-order valence-corrected chi connectivity index (χ3v) is 3.91. The van der Waals surface area contributed by atoms with Crippen LogP contribution in [0.25, 0.3) is 0 Å². The molecule has 0 atom stereocenters. The smallest absolute Gasteiger partial charge is 0.308 e.